The minimum Gasteiger partial charge on any atom is -0.444 e. The van der Waals surface area contributed by atoms with E-state index >= 15 is 0 Å². The van der Waals surface area contributed by atoms with Crippen LogP contribution >= 0.6 is 0 Å². The minimum atomic E-state index is -0.898. The van der Waals surface area contributed by atoms with Crippen molar-refractivity contribution < 1.29 is 13.2 Å². The van der Waals surface area contributed by atoms with Gasteiger partial charge in [0.05, 0.1) is 5.69 Å². The van der Waals surface area contributed by atoms with Crippen molar-refractivity contribution in [2.75, 3.05) is 20.1 Å². The summed E-state index contributed by atoms with van der Waals surface area (Å²) in [7, 11) is 1.98. The van der Waals surface area contributed by atoms with E-state index in [1.54, 1.807) is 6.26 Å². The number of aromatic nitrogens is 1. The molecule has 1 aliphatic heterocycles. The van der Waals surface area contributed by atoms with Crippen LogP contribution in [-0.2, 0) is 6.54 Å². The summed E-state index contributed by atoms with van der Waals surface area (Å²) in [5.41, 5.74) is 1.24. The number of likely N-dealkylation sites (tertiary alicyclic amines) is 1. The summed E-state index contributed by atoms with van der Waals surface area (Å²) in [6.45, 7) is 2.71. The summed E-state index contributed by atoms with van der Waals surface area (Å²) in [4.78, 5) is 6.70. The maximum absolute atomic E-state index is 13.3. The number of halogens is 2. The highest BCUT2D eigenvalue weighted by atomic mass is 19.2. The quantitative estimate of drug-likeness (QED) is 0.943. The molecule has 2 heterocycles. The van der Waals surface area contributed by atoms with E-state index in [-0.39, 0.29) is 0 Å². The van der Waals surface area contributed by atoms with Crippen LogP contribution in [0.3, 0.4) is 0 Å². The molecule has 0 bridgehead atoms. The molecule has 1 saturated heterocycles. The van der Waals surface area contributed by atoms with Crippen molar-refractivity contribution in [2.24, 2.45) is 0 Å². The van der Waals surface area contributed by atoms with Crippen LogP contribution in [0.5, 0.6) is 0 Å². The topological polar surface area (TPSA) is 41.3 Å². The van der Waals surface area contributed by atoms with E-state index in [1.807, 2.05) is 7.05 Å². The summed E-state index contributed by atoms with van der Waals surface area (Å²) >= 11 is 0. The van der Waals surface area contributed by atoms with Crippen molar-refractivity contribution in [1.82, 2.24) is 15.2 Å². The third-order valence-electron chi connectivity index (χ3n) is 4.02. The standard InChI is InChI=1S/C16H19F2N3O/c1-19-12-3-2-6-21(8-12)9-13-10-22-16(20-13)11-4-5-14(17)15(18)7-11/h4-5,7,10,12,19H,2-3,6,8-9H2,1H3. The molecule has 4 nitrogen and oxygen atoms in total. The van der Waals surface area contributed by atoms with E-state index in [1.165, 1.54) is 12.5 Å². The third-order valence-corrected chi connectivity index (χ3v) is 4.02. The Kier molecular flexibility index (Phi) is 4.49. The van der Waals surface area contributed by atoms with Crippen molar-refractivity contribution in [3.63, 3.8) is 0 Å². The Morgan fingerprint density at radius 3 is 3.00 bits per heavy atom. The summed E-state index contributed by atoms with van der Waals surface area (Å²) in [6.07, 6.45) is 3.92. The minimum absolute atomic E-state index is 0.316. The Labute approximate surface area is 128 Å². The van der Waals surface area contributed by atoms with Crippen LogP contribution in [0.15, 0.2) is 28.9 Å². The second-order valence-corrected chi connectivity index (χ2v) is 5.64. The lowest BCUT2D eigenvalue weighted by Crippen LogP contribution is -2.43. The molecule has 1 aromatic heterocycles. The summed E-state index contributed by atoms with van der Waals surface area (Å²) in [6, 6.07) is 4.15. The van der Waals surface area contributed by atoms with Crippen molar-refractivity contribution in [2.45, 2.75) is 25.4 Å². The van der Waals surface area contributed by atoms with Crippen LogP contribution in [0.1, 0.15) is 18.5 Å². The van der Waals surface area contributed by atoms with Gasteiger partial charge in [0, 0.05) is 24.7 Å². The maximum atomic E-state index is 13.3. The van der Waals surface area contributed by atoms with Gasteiger partial charge in [-0.2, -0.15) is 0 Å². The molecule has 3 rings (SSSR count). The van der Waals surface area contributed by atoms with Crippen LogP contribution in [0.2, 0.25) is 0 Å². The van der Waals surface area contributed by atoms with Gasteiger partial charge in [-0.3, -0.25) is 4.90 Å². The fourth-order valence-corrected chi connectivity index (χ4v) is 2.81. The first-order valence-electron chi connectivity index (χ1n) is 7.45. The zero-order chi connectivity index (χ0) is 15.5. The largest absolute Gasteiger partial charge is 0.444 e. The zero-order valence-electron chi connectivity index (χ0n) is 12.5. The molecule has 0 amide bonds. The van der Waals surface area contributed by atoms with Gasteiger partial charge in [-0.25, -0.2) is 13.8 Å². The highest BCUT2D eigenvalue weighted by Gasteiger charge is 2.19. The fraction of sp³-hybridized carbons (Fsp3) is 0.438. The molecular formula is C16H19F2N3O. The SMILES string of the molecule is CNC1CCCN(Cc2coc(-c3ccc(F)c(F)c3)n2)C1. The fourth-order valence-electron chi connectivity index (χ4n) is 2.81. The lowest BCUT2D eigenvalue weighted by atomic mass is 10.1. The van der Waals surface area contributed by atoms with E-state index < -0.39 is 11.6 Å². The number of likely N-dealkylation sites (N-methyl/N-ethyl adjacent to an activating group) is 1. The monoisotopic (exact) mass is 307 g/mol. The van der Waals surface area contributed by atoms with Gasteiger partial charge < -0.3 is 9.73 Å². The molecule has 6 heteroatoms. The molecule has 1 N–H and O–H groups in total. The molecule has 0 saturated carbocycles. The van der Waals surface area contributed by atoms with Gasteiger partial charge in [0.1, 0.15) is 6.26 Å². The van der Waals surface area contributed by atoms with Gasteiger partial charge in [-0.15, -0.1) is 0 Å². The van der Waals surface area contributed by atoms with Gasteiger partial charge in [-0.1, -0.05) is 0 Å². The molecule has 2 aromatic rings. The first kappa shape index (κ1) is 15.1. The average Bonchev–Trinajstić information content (AvgIpc) is 2.98. The van der Waals surface area contributed by atoms with Crippen molar-refractivity contribution in [3.05, 3.63) is 41.8 Å². The van der Waals surface area contributed by atoms with E-state index in [0.29, 0.717) is 24.0 Å². The van der Waals surface area contributed by atoms with Crippen LogP contribution in [0.25, 0.3) is 11.5 Å². The Morgan fingerprint density at radius 1 is 1.36 bits per heavy atom. The first-order chi connectivity index (χ1) is 10.7. The van der Waals surface area contributed by atoms with Crippen LogP contribution < -0.4 is 5.32 Å². The molecule has 0 spiro atoms. The lowest BCUT2D eigenvalue weighted by molar-refractivity contribution is 0.186. The van der Waals surface area contributed by atoms with Crippen LogP contribution in [0.4, 0.5) is 8.78 Å². The van der Waals surface area contributed by atoms with Gasteiger partial charge in [0.25, 0.3) is 0 Å². The molecule has 0 aliphatic carbocycles. The predicted octanol–water partition coefficient (Wildman–Crippen LogP) is 2.80. The van der Waals surface area contributed by atoms with E-state index in [2.05, 4.69) is 15.2 Å². The summed E-state index contributed by atoms with van der Waals surface area (Å²) in [5.74, 6) is -1.46. The van der Waals surface area contributed by atoms with E-state index in [9.17, 15) is 8.78 Å². The van der Waals surface area contributed by atoms with E-state index in [4.69, 9.17) is 4.42 Å². The molecular weight excluding hydrogens is 288 g/mol. The van der Waals surface area contributed by atoms with Gasteiger partial charge in [0.2, 0.25) is 5.89 Å². The average molecular weight is 307 g/mol. The number of nitrogens with one attached hydrogen (secondary N) is 1. The molecule has 118 valence electrons. The van der Waals surface area contributed by atoms with Crippen LogP contribution in [0, 0.1) is 11.6 Å². The second kappa shape index (κ2) is 6.54. The number of benzene rings is 1. The molecule has 1 aliphatic rings. The number of rotatable bonds is 4. The summed E-state index contributed by atoms with van der Waals surface area (Å²) in [5, 5.41) is 3.30. The Morgan fingerprint density at radius 2 is 2.23 bits per heavy atom. The third kappa shape index (κ3) is 3.34. The van der Waals surface area contributed by atoms with Crippen molar-refractivity contribution >= 4 is 0 Å². The molecule has 1 aromatic carbocycles. The summed E-state index contributed by atoms with van der Waals surface area (Å²) < 4.78 is 31.6. The highest BCUT2D eigenvalue weighted by Crippen LogP contribution is 2.22. The zero-order valence-corrected chi connectivity index (χ0v) is 12.5. The molecule has 0 radical (unpaired) electrons. The Bertz CT molecular complexity index is 644. The van der Waals surface area contributed by atoms with Gasteiger partial charge in [0.15, 0.2) is 11.6 Å². The number of hydrogen-bond acceptors (Lipinski definition) is 4. The number of nitrogens with zero attached hydrogens (tertiary/aromatic N) is 2. The number of piperidine rings is 1. The molecule has 22 heavy (non-hydrogen) atoms. The Hall–Kier alpha value is -1.79. The van der Waals surface area contributed by atoms with E-state index in [0.717, 1.165) is 37.3 Å². The number of hydrogen-bond donors (Lipinski definition) is 1. The van der Waals surface area contributed by atoms with Crippen molar-refractivity contribution in [1.29, 1.82) is 0 Å². The smallest absolute Gasteiger partial charge is 0.226 e. The van der Waals surface area contributed by atoms with Gasteiger partial charge >= 0.3 is 0 Å². The first-order valence-corrected chi connectivity index (χ1v) is 7.45. The predicted molar refractivity (Wildman–Crippen MR) is 79.2 cm³/mol. The number of oxazole rings is 1. The highest BCUT2D eigenvalue weighted by molar-refractivity contribution is 5.53. The van der Waals surface area contributed by atoms with Gasteiger partial charge in [-0.05, 0) is 44.6 Å². The lowest BCUT2D eigenvalue weighted by Gasteiger charge is -2.31. The second-order valence-electron chi connectivity index (χ2n) is 5.64. The van der Waals surface area contributed by atoms with Crippen LogP contribution in [-0.4, -0.2) is 36.1 Å². The molecule has 1 atom stereocenters. The molecule has 1 unspecified atom stereocenters. The maximum Gasteiger partial charge on any atom is 0.226 e. The molecule has 1 fully saturated rings. The normalized spacial score (nSPS) is 19.5. The van der Waals surface area contributed by atoms with Crippen molar-refractivity contribution in [3.8, 4) is 11.5 Å². The Balaban J connectivity index is 1.69.